The number of hydrogen-bond acceptors (Lipinski definition) is 6. The predicted octanol–water partition coefficient (Wildman–Crippen LogP) is -2.62. The van der Waals surface area contributed by atoms with Gasteiger partial charge in [0.2, 0.25) is 0 Å². The first kappa shape index (κ1) is 18.2. The average molecular weight is 291 g/mol. The quantitative estimate of drug-likeness (QED) is 0.459. The van der Waals surface area contributed by atoms with Gasteiger partial charge in [0.05, 0.1) is 7.11 Å². The summed E-state index contributed by atoms with van der Waals surface area (Å²) in [6, 6.07) is 0.924. The summed E-state index contributed by atoms with van der Waals surface area (Å²) in [6.45, 7) is 5.38. The van der Waals surface area contributed by atoms with Crippen LogP contribution in [0.25, 0.3) is 0 Å². The number of carbonyl (C=O) groups excluding carboxylic acids is 2. The molecule has 1 aromatic heterocycles. The Labute approximate surface area is 137 Å². The van der Waals surface area contributed by atoms with Crippen LogP contribution in [0.3, 0.4) is 0 Å². The van der Waals surface area contributed by atoms with Crippen LogP contribution in [0.4, 0.5) is 0 Å². The SMILES string of the molecule is C=C(C)NC(C(=O)OC)c1sccc1CC(=O)[O-].[Na+]. The first-order valence-corrected chi connectivity index (χ1v) is 6.09. The van der Waals surface area contributed by atoms with Crippen LogP contribution in [-0.2, 0) is 20.7 Å². The summed E-state index contributed by atoms with van der Waals surface area (Å²) in [7, 11) is 1.28. The summed E-state index contributed by atoms with van der Waals surface area (Å²) in [4.78, 5) is 22.9. The van der Waals surface area contributed by atoms with Gasteiger partial charge in [-0.15, -0.1) is 11.3 Å². The van der Waals surface area contributed by atoms with Crippen LogP contribution < -0.4 is 40.0 Å². The molecule has 1 N–H and O–H groups in total. The zero-order valence-electron chi connectivity index (χ0n) is 11.2. The predicted molar refractivity (Wildman–Crippen MR) is 65.7 cm³/mol. The second kappa shape index (κ2) is 8.37. The van der Waals surface area contributed by atoms with E-state index < -0.39 is 18.0 Å². The van der Waals surface area contributed by atoms with E-state index in [0.717, 1.165) is 0 Å². The van der Waals surface area contributed by atoms with E-state index in [1.165, 1.54) is 18.4 Å². The molecule has 0 aliphatic rings. The topological polar surface area (TPSA) is 78.5 Å². The van der Waals surface area contributed by atoms with E-state index in [2.05, 4.69) is 11.9 Å². The minimum absolute atomic E-state index is 0. The van der Waals surface area contributed by atoms with Crippen molar-refractivity contribution in [2.45, 2.75) is 19.4 Å². The van der Waals surface area contributed by atoms with Crippen molar-refractivity contribution in [1.29, 1.82) is 0 Å². The number of thiophene rings is 1. The molecule has 0 fully saturated rings. The van der Waals surface area contributed by atoms with Gasteiger partial charge in [0, 0.05) is 23.0 Å². The Kier molecular flexibility index (Phi) is 8.01. The fourth-order valence-corrected chi connectivity index (χ4v) is 2.46. The van der Waals surface area contributed by atoms with E-state index in [0.29, 0.717) is 16.1 Å². The Bertz CT molecular complexity index is 472. The van der Waals surface area contributed by atoms with E-state index >= 15 is 0 Å². The fourth-order valence-electron chi connectivity index (χ4n) is 1.50. The number of carboxylic acids is 1. The van der Waals surface area contributed by atoms with Crippen molar-refractivity contribution in [3.63, 3.8) is 0 Å². The van der Waals surface area contributed by atoms with Gasteiger partial charge in [-0.05, 0) is 23.9 Å². The van der Waals surface area contributed by atoms with Crippen molar-refractivity contribution >= 4 is 23.3 Å². The molecule has 1 unspecified atom stereocenters. The largest absolute Gasteiger partial charge is 1.00 e. The van der Waals surface area contributed by atoms with Crippen LogP contribution in [0.1, 0.15) is 23.4 Å². The number of esters is 1. The molecule has 1 aromatic rings. The van der Waals surface area contributed by atoms with E-state index in [1.807, 2.05) is 0 Å². The van der Waals surface area contributed by atoms with Gasteiger partial charge >= 0.3 is 35.5 Å². The Morgan fingerprint density at radius 1 is 1.58 bits per heavy atom. The van der Waals surface area contributed by atoms with Crippen LogP contribution >= 0.6 is 11.3 Å². The molecule has 0 aliphatic heterocycles. The molecule has 1 heterocycles. The van der Waals surface area contributed by atoms with Gasteiger partial charge in [0.15, 0.2) is 6.04 Å². The molecule has 0 spiro atoms. The minimum Gasteiger partial charge on any atom is -0.550 e. The molecule has 1 rings (SSSR count). The Hall–Kier alpha value is -0.820. The second-order valence-corrected chi connectivity index (χ2v) is 4.69. The zero-order chi connectivity index (χ0) is 13.7. The second-order valence-electron chi connectivity index (χ2n) is 3.74. The number of aliphatic carboxylic acids is 1. The summed E-state index contributed by atoms with van der Waals surface area (Å²) in [6.07, 6.45) is -0.232. The number of allylic oxidation sites excluding steroid dienone is 1. The molecule has 0 radical (unpaired) electrons. The summed E-state index contributed by atoms with van der Waals surface area (Å²) in [5, 5.41) is 15.2. The number of carbonyl (C=O) groups is 2. The van der Waals surface area contributed by atoms with Crippen molar-refractivity contribution in [3.05, 3.63) is 34.2 Å². The molecule has 0 saturated carbocycles. The molecule has 0 saturated heterocycles. The Morgan fingerprint density at radius 2 is 2.21 bits per heavy atom. The number of rotatable bonds is 6. The summed E-state index contributed by atoms with van der Waals surface area (Å²) in [5.41, 5.74) is 1.14. The molecule has 98 valence electrons. The monoisotopic (exact) mass is 291 g/mol. The first-order chi connectivity index (χ1) is 8.45. The van der Waals surface area contributed by atoms with Crippen LogP contribution in [0.15, 0.2) is 23.7 Å². The smallest absolute Gasteiger partial charge is 0.550 e. The van der Waals surface area contributed by atoms with E-state index in [9.17, 15) is 14.7 Å². The van der Waals surface area contributed by atoms with E-state index in [1.54, 1.807) is 18.4 Å². The molecule has 19 heavy (non-hydrogen) atoms. The molecule has 1 atom stereocenters. The van der Waals surface area contributed by atoms with Crippen LogP contribution in [0, 0.1) is 0 Å². The van der Waals surface area contributed by atoms with Crippen molar-refractivity contribution < 1.29 is 49.0 Å². The van der Waals surface area contributed by atoms with Crippen molar-refractivity contribution in [3.8, 4) is 0 Å². The maximum absolute atomic E-state index is 11.7. The van der Waals surface area contributed by atoms with E-state index in [4.69, 9.17) is 4.74 Å². The average Bonchev–Trinajstić information content (AvgIpc) is 2.71. The zero-order valence-corrected chi connectivity index (χ0v) is 14.0. The Morgan fingerprint density at radius 3 is 2.68 bits per heavy atom. The third-order valence-corrected chi connectivity index (χ3v) is 3.23. The van der Waals surface area contributed by atoms with Gasteiger partial charge in [-0.2, -0.15) is 0 Å². The van der Waals surface area contributed by atoms with Gasteiger partial charge in [-0.25, -0.2) is 4.79 Å². The number of carboxylic acid groups (broad SMARTS) is 1. The van der Waals surface area contributed by atoms with Crippen LogP contribution in [-0.4, -0.2) is 19.0 Å². The molecule has 0 aliphatic carbocycles. The molecule has 0 aromatic carbocycles. The first-order valence-electron chi connectivity index (χ1n) is 5.21. The number of nitrogens with one attached hydrogen (secondary N) is 1. The minimum atomic E-state index is -1.19. The molecular weight excluding hydrogens is 277 g/mol. The molecule has 0 bridgehead atoms. The fraction of sp³-hybridized carbons (Fsp3) is 0.333. The van der Waals surface area contributed by atoms with Crippen LogP contribution in [0.5, 0.6) is 0 Å². The summed E-state index contributed by atoms with van der Waals surface area (Å²) < 4.78 is 4.70. The third-order valence-electron chi connectivity index (χ3n) is 2.21. The molecule has 5 nitrogen and oxygen atoms in total. The van der Waals surface area contributed by atoms with Gasteiger partial charge in [-0.1, -0.05) is 6.58 Å². The standard InChI is InChI=1S/C12H15NO4S.Na/c1-7(2)13-10(12(16)17-3)11-8(4-5-18-11)6-9(14)15;/h4-5,10,13H,1,6H2,2-3H3,(H,14,15);/q;+1/p-1. The molecule has 0 amide bonds. The number of ether oxygens (including phenoxy) is 1. The summed E-state index contributed by atoms with van der Waals surface area (Å²) >= 11 is 1.29. The maximum Gasteiger partial charge on any atom is 1.00 e. The van der Waals surface area contributed by atoms with Gasteiger partial charge < -0.3 is 20.0 Å². The molecular formula is C12H14NNaO4S. The van der Waals surface area contributed by atoms with Crippen molar-refractivity contribution in [2.24, 2.45) is 0 Å². The Balaban J connectivity index is 0.00000324. The number of hydrogen-bond donors (Lipinski definition) is 1. The van der Waals surface area contributed by atoms with Crippen molar-refractivity contribution in [2.75, 3.05) is 7.11 Å². The normalized spacial score (nSPS) is 11.1. The number of methoxy groups -OCH3 is 1. The van der Waals surface area contributed by atoms with Crippen LogP contribution in [0.2, 0.25) is 0 Å². The van der Waals surface area contributed by atoms with Gasteiger partial charge in [-0.3, -0.25) is 0 Å². The maximum atomic E-state index is 11.7. The van der Waals surface area contributed by atoms with E-state index in [-0.39, 0.29) is 36.0 Å². The third kappa shape index (κ3) is 5.36. The van der Waals surface area contributed by atoms with Gasteiger partial charge in [0.1, 0.15) is 0 Å². The summed E-state index contributed by atoms with van der Waals surface area (Å²) in [5.74, 6) is -1.67. The van der Waals surface area contributed by atoms with Crippen molar-refractivity contribution in [1.82, 2.24) is 5.32 Å². The molecule has 7 heteroatoms. The van der Waals surface area contributed by atoms with Gasteiger partial charge in [0.25, 0.3) is 0 Å².